The number of aromatic nitrogens is 3. The van der Waals surface area contributed by atoms with Crippen LogP contribution < -0.4 is 14.8 Å². The Morgan fingerprint density at radius 1 is 1.16 bits per heavy atom. The first-order valence-corrected chi connectivity index (χ1v) is 10.2. The van der Waals surface area contributed by atoms with Gasteiger partial charge >= 0.3 is 0 Å². The number of aryl methyl sites for hydroxylation is 1. The lowest BCUT2D eigenvalue weighted by Gasteiger charge is -2.24. The van der Waals surface area contributed by atoms with Crippen molar-refractivity contribution in [2.75, 3.05) is 20.8 Å². The molecular weight excluding hydrogens is 396 g/mol. The highest BCUT2D eigenvalue weighted by Crippen LogP contribution is 2.28. The zero-order valence-corrected chi connectivity index (χ0v) is 17.9. The van der Waals surface area contributed by atoms with E-state index in [1.165, 1.54) is 5.56 Å². The van der Waals surface area contributed by atoms with Crippen LogP contribution in [0, 0.1) is 6.92 Å². The predicted molar refractivity (Wildman–Crippen MR) is 114 cm³/mol. The van der Waals surface area contributed by atoms with Gasteiger partial charge in [-0.1, -0.05) is 41.1 Å². The minimum atomic E-state index is -0.251. The highest BCUT2D eigenvalue weighted by Gasteiger charge is 2.27. The van der Waals surface area contributed by atoms with Crippen molar-refractivity contribution in [1.82, 2.24) is 20.3 Å². The van der Waals surface area contributed by atoms with E-state index < -0.39 is 0 Å². The second kappa shape index (κ2) is 9.18. The zero-order chi connectivity index (χ0) is 21.8. The number of hydrogen-bond acceptors (Lipinski definition) is 6. The average molecular weight is 422 g/mol. The maximum Gasteiger partial charge on any atom is 0.273 e. The van der Waals surface area contributed by atoms with Gasteiger partial charge in [0.1, 0.15) is 6.10 Å². The predicted octanol–water partition coefficient (Wildman–Crippen LogP) is 2.85. The lowest BCUT2D eigenvalue weighted by Crippen LogP contribution is -2.29. The number of amides is 1. The van der Waals surface area contributed by atoms with Gasteiger partial charge in [-0.15, -0.1) is 5.10 Å². The monoisotopic (exact) mass is 422 g/mol. The van der Waals surface area contributed by atoms with E-state index in [0.717, 1.165) is 11.1 Å². The molecule has 1 aliphatic heterocycles. The number of nitrogens with zero attached hydrogens (tertiary/aromatic N) is 3. The molecule has 162 valence electrons. The first kappa shape index (κ1) is 20.9. The van der Waals surface area contributed by atoms with Crippen LogP contribution in [-0.4, -0.2) is 41.7 Å². The molecule has 8 nitrogen and oxygen atoms in total. The Bertz CT molecular complexity index is 1060. The summed E-state index contributed by atoms with van der Waals surface area (Å²) in [5, 5.41) is 11.2. The Hall–Kier alpha value is -3.39. The maximum absolute atomic E-state index is 12.7. The first-order valence-electron chi connectivity index (χ1n) is 10.2. The molecule has 0 bridgehead atoms. The van der Waals surface area contributed by atoms with E-state index >= 15 is 0 Å². The molecular formula is C23H26N4O4. The van der Waals surface area contributed by atoms with Gasteiger partial charge in [-0.3, -0.25) is 4.79 Å². The van der Waals surface area contributed by atoms with Crippen molar-refractivity contribution in [3.05, 3.63) is 70.5 Å². The van der Waals surface area contributed by atoms with E-state index in [0.29, 0.717) is 49.0 Å². The molecule has 1 N–H and O–H groups in total. The van der Waals surface area contributed by atoms with Gasteiger partial charge < -0.3 is 19.5 Å². The summed E-state index contributed by atoms with van der Waals surface area (Å²) in [6.45, 7) is 3.35. The van der Waals surface area contributed by atoms with Gasteiger partial charge in [0.05, 0.1) is 33.1 Å². The van der Waals surface area contributed by atoms with Crippen LogP contribution in [0.1, 0.15) is 39.0 Å². The second-order valence-corrected chi connectivity index (χ2v) is 7.47. The number of ether oxygens (including phenoxy) is 3. The molecule has 8 heteroatoms. The van der Waals surface area contributed by atoms with Crippen LogP contribution in [0.25, 0.3) is 0 Å². The van der Waals surface area contributed by atoms with Crippen molar-refractivity contribution in [3.8, 4) is 11.5 Å². The normalized spacial score (nSPS) is 15.3. The molecule has 0 fully saturated rings. The van der Waals surface area contributed by atoms with Gasteiger partial charge in [-0.25, -0.2) is 4.68 Å². The summed E-state index contributed by atoms with van der Waals surface area (Å²) in [6, 6.07) is 14.0. The van der Waals surface area contributed by atoms with Crippen molar-refractivity contribution >= 4 is 5.91 Å². The molecule has 0 radical (unpaired) electrons. The van der Waals surface area contributed by atoms with Crippen molar-refractivity contribution in [2.24, 2.45) is 0 Å². The smallest absolute Gasteiger partial charge is 0.273 e. The molecule has 0 spiro atoms. The summed E-state index contributed by atoms with van der Waals surface area (Å²) in [4.78, 5) is 12.7. The fourth-order valence-electron chi connectivity index (χ4n) is 3.61. The third kappa shape index (κ3) is 4.54. The van der Waals surface area contributed by atoms with Gasteiger partial charge in [0.15, 0.2) is 17.2 Å². The molecule has 2 aromatic carbocycles. The van der Waals surface area contributed by atoms with Crippen LogP contribution in [0.4, 0.5) is 0 Å². The summed E-state index contributed by atoms with van der Waals surface area (Å²) in [7, 11) is 3.20. The highest BCUT2D eigenvalue weighted by molar-refractivity contribution is 5.93. The van der Waals surface area contributed by atoms with E-state index in [1.54, 1.807) is 18.9 Å². The molecule has 1 aliphatic rings. The fourth-order valence-corrected chi connectivity index (χ4v) is 3.61. The topological polar surface area (TPSA) is 87.5 Å². The second-order valence-electron chi connectivity index (χ2n) is 7.47. The van der Waals surface area contributed by atoms with Crippen LogP contribution in [0.5, 0.6) is 11.5 Å². The lowest BCUT2D eigenvalue weighted by atomic mass is 10.1. The number of fused-ring (bicyclic) bond motifs is 1. The van der Waals surface area contributed by atoms with Gasteiger partial charge in [0.2, 0.25) is 0 Å². The van der Waals surface area contributed by atoms with Crippen LogP contribution >= 0.6 is 0 Å². The van der Waals surface area contributed by atoms with E-state index in [9.17, 15) is 4.79 Å². The number of benzene rings is 2. The molecule has 1 amide bonds. The van der Waals surface area contributed by atoms with E-state index in [1.807, 2.05) is 18.2 Å². The number of hydrogen-bond donors (Lipinski definition) is 1. The summed E-state index contributed by atoms with van der Waals surface area (Å²) < 4.78 is 18.3. The molecule has 1 aromatic heterocycles. The molecule has 0 saturated heterocycles. The number of carbonyl (C=O) groups excluding carboxylic acids is 1. The van der Waals surface area contributed by atoms with Gasteiger partial charge in [-0.2, -0.15) is 0 Å². The summed E-state index contributed by atoms with van der Waals surface area (Å²) in [6.07, 6.45) is 0.553. The van der Waals surface area contributed by atoms with Gasteiger partial charge in [-0.05, 0) is 36.6 Å². The molecule has 0 unspecified atom stereocenters. The SMILES string of the molecule is COc1ccc(CCNC(=O)c2nnn3c2CO[C@@H](c2ccc(C)cc2)C3)cc1OC. The van der Waals surface area contributed by atoms with Crippen LogP contribution in [0.3, 0.4) is 0 Å². The molecule has 31 heavy (non-hydrogen) atoms. The highest BCUT2D eigenvalue weighted by atomic mass is 16.5. The summed E-state index contributed by atoms with van der Waals surface area (Å²) in [5.74, 6) is 1.09. The molecule has 3 aromatic rings. The van der Waals surface area contributed by atoms with Crippen LogP contribution in [0.2, 0.25) is 0 Å². The van der Waals surface area contributed by atoms with Crippen molar-refractivity contribution in [3.63, 3.8) is 0 Å². The number of carbonyl (C=O) groups is 1. The molecule has 0 saturated carbocycles. The Morgan fingerprint density at radius 3 is 2.68 bits per heavy atom. The third-order valence-corrected chi connectivity index (χ3v) is 5.41. The van der Waals surface area contributed by atoms with E-state index in [4.69, 9.17) is 14.2 Å². The summed E-state index contributed by atoms with van der Waals surface area (Å²) in [5.41, 5.74) is 4.34. The molecule has 2 heterocycles. The molecule has 1 atom stereocenters. The van der Waals surface area contributed by atoms with Crippen LogP contribution in [-0.2, 0) is 24.3 Å². The van der Waals surface area contributed by atoms with Gasteiger partial charge in [0.25, 0.3) is 5.91 Å². The van der Waals surface area contributed by atoms with Crippen molar-refractivity contribution in [1.29, 1.82) is 0 Å². The van der Waals surface area contributed by atoms with E-state index in [-0.39, 0.29) is 12.0 Å². The standard InChI is InChI=1S/C23H26N4O4/c1-15-4-7-17(8-5-15)21-13-27-18(14-31-21)22(25-26-27)23(28)24-11-10-16-6-9-19(29-2)20(12-16)30-3/h4-9,12,21H,10-11,13-14H2,1-3H3,(H,24,28)/t21-/m1/s1. The molecule has 4 rings (SSSR count). The molecule has 0 aliphatic carbocycles. The average Bonchev–Trinajstić information content (AvgIpc) is 3.22. The minimum Gasteiger partial charge on any atom is -0.493 e. The van der Waals surface area contributed by atoms with Crippen LogP contribution in [0.15, 0.2) is 42.5 Å². The number of rotatable bonds is 7. The Labute approximate surface area is 181 Å². The van der Waals surface area contributed by atoms with Crippen molar-refractivity contribution in [2.45, 2.75) is 32.6 Å². The number of nitrogens with one attached hydrogen (secondary N) is 1. The summed E-state index contributed by atoms with van der Waals surface area (Å²) >= 11 is 0. The Morgan fingerprint density at radius 2 is 1.94 bits per heavy atom. The Balaban J connectivity index is 1.36. The first-order chi connectivity index (χ1) is 15.1. The van der Waals surface area contributed by atoms with Crippen molar-refractivity contribution < 1.29 is 19.0 Å². The quantitative estimate of drug-likeness (QED) is 0.630. The zero-order valence-electron chi connectivity index (χ0n) is 17.9. The fraction of sp³-hybridized carbons (Fsp3) is 0.348. The largest absolute Gasteiger partial charge is 0.493 e. The minimum absolute atomic E-state index is 0.101. The van der Waals surface area contributed by atoms with E-state index in [2.05, 4.69) is 46.8 Å². The third-order valence-electron chi connectivity index (χ3n) is 5.41. The lowest BCUT2D eigenvalue weighted by molar-refractivity contribution is -0.00177. The van der Waals surface area contributed by atoms with Gasteiger partial charge in [0, 0.05) is 6.54 Å². The number of methoxy groups -OCH3 is 2. The maximum atomic E-state index is 12.7. The Kier molecular flexibility index (Phi) is 6.18.